The molecule has 1 aromatic carbocycles. The van der Waals surface area contributed by atoms with Gasteiger partial charge in [-0.3, -0.25) is 9.78 Å². The monoisotopic (exact) mass is 290 g/mol. The van der Waals surface area contributed by atoms with Crippen molar-refractivity contribution >= 4 is 17.5 Å². The Bertz CT molecular complexity index is 644. The molecule has 1 heterocycles. The van der Waals surface area contributed by atoms with E-state index in [2.05, 4.69) is 4.98 Å². The van der Waals surface area contributed by atoms with Crippen molar-refractivity contribution in [3.8, 4) is 5.75 Å². The van der Waals surface area contributed by atoms with Gasteiger partial charge in [0.15, 0.2) is 0 Å². The summed E-state index contributed by atoms with van der Waals surface area (Å²) in [6, 6.07) is 8.46. The predicted molar refractivity (Wildman–Crippen MR) is 77.9 cm³/mol. The highest BCUT2D eigenvalue weighted by atomic mass is 35.5. The van der Waals surface area contributed by atoms with Gasteiger partial charge in [0.2, 0.25) is 0 Å². The highest BCUT2D eigenvalue weighted by Gasteiger charge is 2.16. The van der Waals surface area contributed by atoms with Gasteiger partial charge in [0.25, 0.3) is 5.91 Å². The first-order chi connectivity index (χ1) is 9.47. The van der Waals surface area contributed by atoms with Crippen LogP contribution in [0.15, 0.2) is 36.5 Å². The number of hydrogen-bond donors (Lipinski definition) is 1. The number of halogens is 1. The van der Waals surface area contributed by atoms with Crippen molar-refractivity contribution in [2.45, 2.75) is 13.5 Å². The first kappa shape index (κ1) is 14.3. The summed E-state index contributed by atoms with van der Waals surface area (Å²) >= 11 is 6.07. The van der Waals surface area contributed by atoms with Gasteiger partial charge in [-0.25, -0.2) is 0 Å². The van der Waals surface area contributed by atoms with Gasteiger partial charge in [-0.05, 0) is 30.7 Å². The number of nitrogens with zero attached hydrogens (tertiary/aromatic N) is 2. The molecule has 0 saturated carbocycles. The second-order valence-corrected chi connectivity index (χ2v) is 5.04. The highest BCUT2D eigenvalue weighted by molar-refractivity contribution is 6.33. The number of hydrogen-bond acceptors (Lipinski definition) is 3. The molecule has 104 valence electrons. The van der Waals surface area contributed by atoms with E-state index in [1.807, 2.05) is 13.0 Å². The maximum absolute atomic E-state index is 12.3. The molecule has 0 saturated heterocycles. The summed E-state index contributed by atoms with van der Waals surface area (Å²) < 4.78 is 0. The normalized spacial score (nSPS) is 10.3. The van der Waals surface area contributed by atoms with Crippen molar-refractivity contribution in [1.29, 1.82) is 0 Å². The molecule has 1 amide bonds. The SMILES string of the molecule is Cc1cc(Cl)c(C(=O)N(C)Cc2cccc(O)c2)cn1. The molecule has 0 spiro atoms. The van der Waals surface area contributed by atoms with Crippen LogP contribution in [0.5, 0.6) is 5.75 Å². The summed E-state index contributed by atoms with van der Waals surface area (Å²) in [7, 11) is 1.68. The molecule has 0 unspecified atom stereocenters. The molecule has 2 rings (SSSR count). The fourth-order valence-electron chi connectivity index (χ4n) is 1.89. The second-order valence-electron chi connectivity index (χ2n) is 4.64. The molecule has 0 aliphatic rings. The molecular weight excluding hydrogens is 276 g/mol. The number of pyridine rings is 1. The first-order valence-electron chi connectivity index (χ1n) is 6.13. The molecule has 1 N–H and O–H groups in total. The Labute approximate surface area is 122 Å². The van der Waals surface area contributed by atoms with Crippen LogP contribution in [0, 0.1) is 6.92 Å². The lowest BCUT2D eigenvalue weighted by Crippen LogP contribution is -2.26. The van der Waals surface area contributed by atoms with E-state index in [1.165, 1.54) is 11.1 Å². The molecule has 0 atom stereocenters. The first-order valence-corrected chi connectivity index (χ1v) is 6.50. The number of carbonyl (C=O) groups is 1. The topological polar surface area (TPSA) is 53.4 Å². The quantitative estimate of drug-likeness (QED) is 0.945. The fourth-order valence-corrected chi connectivity index (χ4v) is 2.18. The molecular formula is C15H15ClN2O2. The summed E-state index contributed by atoms with van der Waals surface area (Å²) in [4.78, 5) is 17.9. The zero-order valence-electron chi connectivity index (χ0n) is 11.3. The van der Waals surface area contributed by atoms with Gasteiger partial charge in [0.05, 0.1) is 10.6 Å². The van der Waals surface area contributed by atoms with Crippen molar-refractivity contribution in [3.63, 3.8) is 0 Å². The molecule has 1 aromatic heterocycles. The van der Waals surface area contributed by atoms with E-state index in [9.17, 15) is 9.90 Å². The third kappa shape index (κ3) is 3.27. The predicted octanol–water partition coefficient (Wildman–Crippen LogP) is 3.02. The smallest absolute Gasteiger partial charge is 0.256 e. The molecule has 0 bridgehead atoms. The number of aromatic hydroxyl groups is 1. The van der Waals surface area contributed by atoms with Crippen molar-refractivity contribution in [3.05, 3.63) is 58.4 Å². The van der Waals surface area contributed by atoms with Gasteiger partial charge in [0, 0.05) is 25.5 Å². The molecule has 4 nitrogen and oxygen atoms in total. The van der Waals surface area contributed by atoms with Crippen LogP contribution in [-0.4, -0.2) is 27.9 Å². The highest BCUT2D eigenvalue weighted by Crippen LogP contribution is 2.19. The van der Waals surface area contributed by atoms with Crippen molar-refractivity contribution < 1.29 is 9.90 Å². The zero-order valence-corrected chi connectivity index (χ0v) is 12.1. The summed E-state index contributed by atoms with van der Waals surface area (Å²) in [6.07, 6.45) is 1.49. The fraction of sp³-hybridized carbons (Fsp3) is 0.200. The maximum Gasteiger partial charge on any atom is 0.256 e. The largest absolute Gasteiger partial charge is 0.508 e. The Hall–Kier alpha value is -2.07. The van der Waals surface area contributed by atoms with Crippen molar-refractivity contribution in [2.75, 3.05) is 7.05 Å². The Balaban J connectivity index is 2.16. The van der Waals surface area contributed by atoms with E-state index >= 15 is 0 Å². The van der Waals surface area contributed by atoms with Gasteiger partial charge >= 0.3 is 0 Å². The number of aryl methyl sites for hydroxylation is 1. The van der Waals surface area contributed by atoms with Crippen LogP contribution in [0.2, 0.25) is 5.02 Å². The summed E-state index contributed by atoms with van der Waals surface area (Å²) in [5.41, 5.74) is 1.99. The van der Waals surface area contributed by atoms with Crippen LogP contribution in [0.3, 0.4) is 0 Å². The minimum Gasteiger partial charge on any atom is -0.508 e. The number of phenolic OH excluding ortho intramolecular Hbond substituents is 1. The van der Waals surface area contributed by atoms with Crippen LogP contribution < -0.4 is 0 Å². The van der Waals surface area contributed by atoms with E-state index in [0.717, 1.165) is 11.3 Å². The van der Waals surface area contributed by atoms with Gasteiger partial charge in [-0.1, -0.05) is 23.7 Å². The molecule has 5 heteroatoms. The standard InChI is InChI=1S/C15H15ClN2O2/c1-10-6-14(16)13(8-17-10)15(20)18(2)9-11-4-3-5-12(19)7-11/h3-8,19H,9H2,1-2H3. The van der Waals surface area contributed by atoms with E-state index in [4.69, 9.17) is 11.6 Å². The van der Waals surface area contributed by atoms with Crippen molar-refractivity contribution in [2.24, 2.45) is 0 Å². The molecule has 0 fully saturated rings. The molecule has 20 heavy (non-hydrogen) atoms. The minimum atomic E-state index is -0.203. The van der Waals surface area contributed by atoms with Gasteiger partial charge in [-0.2, -0.15) is 0 Å². The lowest BCUT2D eigenvalue weighted by Gasteiger charge is -2.18. The van der Waals surface area contributed by atoms with Crippen molar-refractivity contribution in [1.82, 2.24) is 9.88 Å². The lowest BCUT2D eigenvalue weighted by atomic mass is 10.2. The molecule has 0 aliphatic heterocycles. The molecule has 0 aliphatic carbocycles. The maximum atomic E-state index is 12.3. The number of aromatic nitrogens is 1. The van der Waals surface area contributed by atoms with Gasteiger partial charge in [0.1, 0.15) is 5.75 Å². The summed E-state index contributed by atoms with van der Waals surface area (Å²) in [6.45, 7) is 2.20. The number of phenols is 1. The van der Waals surface area contributed by atoms with Crippen LogP contribution in [-0.2, 0) is 6.54 Å². The Kier molecular flexibility index (Phi) is 4.25. The number of benzene rings is 1. The zero-order chi connectivity index (χ0) is 14.7. The average molecular weight is 291 g/mol. The van der Waals surface area contributed by atoms with E-state index < -0.39 is 0 Å². The number of amides is 1. The summed E-state index contributed by atoms with van der Waals surface area (Å²) in [5.74, 6) is -0.0239. The molecule has 0 radical (unpaired) electrons. The van der Waals surface area contributed by atoms with Crippen LogP contribution in [0.25, 0.3) is 0 Å². The Morgan fingerprint density at radius 1 is 1.40 bits per heavy atom. The van der Waals surface area contributed by atoms with Crippen LogP contribution in [0.4, 0.5) is 0 Å². The third-order valence-corrected chi connectivity index (χ3v) is 3.21. The van der Waals surface area contributed by atoms with Gasteiger partial charge in [-0.15, -0.1) is 0 Å². The van der Waals surface area contributed by atoms with Crippen LogP contribution in [0.1, 0.15) is 21.6 Å². The Morgan fingerprint density at radius 2 is 2.15 bits per heavy atom. The van der Waals surface area contributed by atoms with E-state index in [-0.39, 0.29) is 11.7 Å². The summed E-state index contributed by atoms with van der Waals surface area (Å²) in [5, 5.41) is 9.82. The van der Waals surface area contributed by atoms with Gasteiger partial charge < -0.3 is 10.0 Å². The average Bonchev–Trinajstić information content (AvgIpc) is 2.38. The van der Waals surface area contributed by atoms with Crippen LogP contribution >= 0.6 is 11.6 Å². The molecule has 2 aromatic rings. The van der Waals surface area contributed by atoms with E-state index in [1.54, 1.807) is 31.3 Å². The third-order valence-electron chi connectivity index (χ3n) is 2.90. The minimum absolute atomic E-state index is 0.179. The Morgan fingerprint density at radius 3 is 2.80 bits per heavy atom. The lowest BCUT2D eigenvalue weighted by molar-refractivity contribution is 0.0784. The van der Waals surface area contributed by atoms with E-state index in [0.29, 0.717) is 17.1 Å². The second kappa shape index (κ2) is 5.92. The number of rotatable bonds is 3. The number of carbonyl (C=O) groups excluding carboxylic acids is 1.